The van der Waals surface area contributed by atoms with Crippen LogP contribution in [0.1, 0.15) is 16.7 Å². The molecule has 2 rings (SSSR count). The molecule has 1 atom stereocenters. The Morgan fingerprint density at radius 1 is 1.10 bits per heavy atom. The molecule has 0 aromatic heterocycles. The van der Waals surface area contributed by atoms with Crippen LogP contribution in [0, 0.1) is 6.92 Å². The van der Waals surface area contributed by atoms with Crippen molar-refractivity contribution in [2.45, 2.75) is 25.8 Å². The van der Waals surface area contributed by atoms with Gasteiger partial charge in [0, 0.05) is 6.04 Å². The van der Waals surface area contributed by atoms with Crippen molar-refractivity contribution in [2.75, 3.05) is 7.11 Å². The molecule has 0 amide bonds. The molecule has 0 aliphatic carbocycles. The lowest BCUT2D eigenvalue weighted by molar-refractivity contribution is 0.413. The maximum absolute atomic E-state index is 5.71. The van der Waals surface area contributed by atoms with Crippen molar-refractivity contribution in [3.8, 4) is 5.75 Å². The molecule has 0 spiro atoms. The minimum atomic E-state index is 0.211. The smallest absolute Gasteiger partial charge is 0.119 e. The molecule has 3 nitrogen and oxygen atoms in total. The summed E-state index contributed by atoms with van der Waals surface area (Å²) in [6, 6.07) is 16.8. The summed E-state index contributed by atoms with van der Waals surface area (Å²) in [5.74, 6) is 6.59. The summed E-state index contributed by atoms with van der Waals surface area (Å²) >= 11 is 0. The van der Waals surface area contributed by atoms with Gasteiger partial charge in [-0.1, -0.05) is 36.4 Å². The van der Waals surface area contributed by atoms with Crippen LogP contribution in [0.4, 0.5) is 0 Å². The first-order chi connectivity index (χ1) is 9.72. The lowest BCUT2D eigenvalue weighted by atomic mass is 9.97. The molecule has 1 unspecified atom stereocenters. The summed E-state index contributed by atoms with van der Waals surface area (Å²) in [7, 11) is 1.69. The van der Waals surface area contributed by atoms with E-state index in [1.807, 2.05) is 12.1 Å². The highest BCUT2D eigenvalue weighted by Gasteiger charge is 2.10. The van der Waals surface area contributed by atoms with Crippen LogP contribution in [0.3, 0.4) is 0 Å². The van der Waals surface area contributed by atoms with E-state index >= 15 is 0 Å². The van der Waals surface area contributed by atoms with E-state index in [1.165, 1.54) is 16.7 Å². The van der Waals surface area contributed by atoms with E-state index in [2.05, 4.69) is 48.7 Å². The lowest BCUT2D eigenvalue weighted by Crippen LogP contribution is -2.38. The van der Waals surface area contributed by atoms with Gasteiger partial charge in [0.2, 0.25) is 0 Å². The molecule has 0 radical (unpaired) electrons. The second-order valence-corrected chi connectivity index (χ2v) is 5.05. The third-order valence-electron chi connectivity index (χ3n) is 3.58. The van der Waals surface area contributed by atoms with Gasteiger partial charge in [-0.05, 0) is 48.6 Å². The van der Waals surface area contributed by atoms with Crippen LogP contribution in [-0.4, -0.2) is 13.2 Å². The predicted octanol–water partition coefficient (Wildman–Crippen LogP) is 2.62. The van der Waals surface area contributed by atoms with E-state index in [0.29, 0.717) is 0 Å². The van der Waals surface area contributed by atoms with Crippen LogP contribution in [0.5, 0.6) is 5.75 Å². The van der Waals surface area contributed by atoms with Gasteiger partial charge in [-0.15, -0.1) is 0 Å². The first-order valence-electron chi connectivity index (χ1n) is 6.86. The highest BCUT2D eigenvalue weighted by molar-refractivity contribution is 5.30. The van der Waals surface area contributed by atoms with E-state index in [1.54, 1.807) is 7.11 Å². The maximum Gasteiger partial charge on any atom is 0.119 e. The molecule has 0 heterocycles. The molecular formula is C17H22N2O. The van der Waals surface area contributed by atoms with Gasteiger partial charge in [0.05, 0.1) is 7.11 Å². The molecular weight excluding hydrogens is 248 g/mol. The number of nitrogens with one attached hydrogen (secondary N) is 1. The Balaban J connectivity index is 2.07. The van der Waals surface area contributed by atoms with Crippen LogP contribution >= 0.6 is 0 Å². The largest absolute Gasteiger partial charge is 0.497 e. The van der Waals surface area contributed by atoms with Crippen molar-refractivity contribution in [2.24, 2.45) is 5.84 Å². The zero-order chi connectivity index (χ0) is 14.4. The molecule has 0 saturated carbocycles. The number of rotatable bonds is 6. The maximum atomic E-state index is 5.71. The standard InChI is InChI=1S/C17H22N2O/c1-13-6-3-4-8-15(13)12-16(19-18)10-14-7-5-9-17(11-14)20-2/h3-9,11,16,19H,10,12,18H2,1-2H3. The van der Waals surface area contributed by atoms with Crippen LogP contribution in [0.25, 0.3) is 0 Å². The monoisotopic (exact) mass is 270 g/mol. The molecule has 0 saturated heterocycles. The highest BCUT2D eigenvalue weighted by atomic mass is 16.5. The van der Waals surface area contributed by atoms with Crippen molar-refractivity contribution in [1.29, 1.82) is 0 Å². The molecule has 20 heavy (non-hydrogen) atoms. The summed E-state index contributed by atoms with van der Waals surface area (Å²) < 4.78 is 5.26. The second kappa shape index (κ2) is 7.08. The molecule has 0 bridgehead atoms. The van der Waals surface area contributed by atoms with E-state index < -0.39 is 0 Å². The van der Waals surface area contributed by atoms with Gasteiger partial charge in [-0.3, -0.25) is 11.3 Å². The minimum Gasteiger partial charge on any atom is -0.497 e. The number of hydrazine groups is 1. The Labute approximate surface area is 120 Å². The number of methoxy groups -OCH3 is 1. The SMILES string of the molecule is COc1cccc(CC(Cc2ccccc2C)NN)c1. The average molecular weight is 270 g/mol. The van der Waals surface area contributed by atoms with Crippen LogP contribution < -0.4 is 16.0 Å². The van der Waals surface area contributed by atoms with Crippen molar-refractivity contribution >= 4 is 0 Å². The fourth-order valence-corrected chi connectivity index (χ4v) is 2.38. The van der Waals surface area contributed by atoms with Crippen molar-refractivity contribution in [3.63, 3.8) is 0 Å². The highest BCUT2D eigenvalue weighted by Crippen LogP contribution is 2.16. The topological polar surface area (TPSA) is 47.3 Å². The Bertz CT molecular complexity index is 554. The quantitative estimate of drug-likeness (QED) is 0.626. The van der Waals surface area contributed by atoms with Crippen molar-refractivity contribution in [3.05, 3.63) is 65.2 Å². The molecule has 106 valence electrons. The van der Waals surface area contributed by atoms with E-state index in [4.69, 9.17) is 10.6 Å². The normalized spacial score (nSPS) is 12.2. The summed E-state index contributed by atoms with van der Waals surface area (Å²) in [5, 5.41) is 0. The first-order valence-corrected chi connectivity index (χ1v) is 6.86. The average Bonchev–Trinajstić information content (AvgIpc) is 2.49. The minimum absolute atomic E-state index is 0.211. The molecule has 0 aliphatic heterocycles. The second-order valence-electron chi connectivity index (χ2n) is 5.05. The predicted molar refractivity (Wildman–Crippen MR) is 82.7 cm³/mol. The number of hydrogen-bond donors (Lipinski definition) is 2. The third-order valence-corrected chi connectivity index (χ3v) is 3.58. The fourth-order valence-electron chi connectivity index (χ4n) is 2.38. The van der Waals surface area contributed by atoms with Gasteiger partial charge in [-0.25, -0.2) is 0 Å². The van der Waals surface area contributed by atoms with Crippen molar-refractivity contribution < 1.29 is 4.74 Å². The van der Waals surface area contributed by atoms with Crippen LogP contribution in [0.15, 0.2) is 48.5 Å². The Kier molecular flexibility index (Phi) is 5.16. The van der Waals surface area contributed by atoms with Gasteiger partial charge < -0.3 is 4.74 Å². The van der Waals surface area contributed by atoms with Gasteiger partial charge in [0.1, 0.15) is 5.75 Å². The Morgan fingerprint density at radius 2 is 1.90 bits per heavy atom. The zero-order valence-electron chi connectivity index (χ0n) is 12.1. The zero-order valence-corrected chi connectivity index (χ0v) is 12.1. The number of hydrogen-bond acceptors (Lipinski definition) is 3. The number of benzene rings is 2. The van der Waals surface area contributed by atoms with Gasteiger partial charge in [-0.2, -0.15) is 0 Å². The Morgan fingerprint density at radius 3 is 2.60 bits per heavy atom. The summed E-state index contributed by atoms with van der Waals surface area (Å²) in [6.45, 7) is 2.13. The molecule has 0 aliphatic rings. The summed E-state index contributed by atoms with van der Waals surface area (Å²) in [4.78, 5) is 0. The van der Waals surface area contributed by atoms with Gasteiger partial charge in [0.15, 0.2) is 0 Å². The van der Waals surface area contributed by atoms with E-state index in [-0.39, 0.29) is 6.04 Å². The van der Waals surface area contributed by atoms with Gasteiger partial charge >= 0.3 is 0 Å². The van der Waals surface area contributed by atoms with Gasteiger partial charge in [0.25, 0.3) is 0 Å². The molecule has 3 N–H and O–H groups in total. The van der Waals surface area contributed by atoms with E-state index in [9.17, 15) is 0 Å². The molecule has 2 aromatic carbocycles. The molecule has 2 aromatic rings. The summed E-state index contributed by atoms with van der Waals surface area (Å²) in [5.41, 5.74) is 6.78. The number of ether oxygens (including phenoxy) is 1. The van der Waals surface area contributed by atoms with Crippen LogP contribution in [-0.2, 0) is 12.8 Å². The molecule has 3 heteroatoms. The number of aryl methyl sites for hydroxylation is 1. The Hall–Kier alpha value is -1.84. The number of nitrogens with two attached hydrogens (primary N) is 1. The van der Waals surface area contributed by atoms with Crippen molar-refractivity contribution in [1.82, 2.24) is 5.43 Å². The van der Waals surface area contributed by atoms with Crippen LogP contribution in [0.2, 0.25) is 0 Å². The molecule has 0 fully saturated rings. The first kappa shape index (κ1) is 14.6. The summed E-state index contributed by atoms with van der Waals surface area (Å²) in [6.07, 6.45) is 1.79. The third kappa shape index (κ3) is 3.83. The fraction of sp³-hybridized carbons (Fsp3) is 0.294. The van der Waals surface area contributed by atoms with E-state index in [0.717, 1.165) is 18.6 Å². The lowest BCUT2D eigenvalue weighted by Gasteiger charge is -2.17.